The summed E-state index contributed by atoms with van der Waals surface area (Å²) in [6.45, 7) is -0.0967. The van der Waals surface area contributed by atoms with Gasteiger partial charge in [0.25, 0.3) is 5.91 Å². The number of nitrogens with zero attached hydrogens (tertiary/aromatic N) is 3. The number of aromatic nitrogens is 3. The van der Waals surface area contributed by atoms with Crippen LogP contribution in [0.4, 0.5) is 23.2 Å². The largest absolute Gasteiger partial charge is 0.418 e. The van der Waals surface area contributed by atoms with Crippen LogP contribution in [0.1, 0.15) is 21.7 Å². The normalized spacial score (nSPS) is 11.3. The number of para-hydroxylation sites is 1. The number of hydrogen-bond acceptors (Lipinski definition) is 5. The van der Waals surface area contributed by atoms with E-state index in [9.17, 15) is 27.2 Å². The van der Waals surface area contributed by atoms with E-state index in [1.54, 1.807) is 28.8 Å². The first-order chi connectivity index (χ1) is 18.1. The van der Waals surface area contributed by atoms with E-state index in [4.69, 9.17) is 11.6 Å². The Hall–Kier alpha value is -3.90. The standard InChI is InChI=1S/C25H18ClF4N5O2S/c26-16-6-4-8-18(12-16)35-21(13-31-23(37)15-5-3-7-17(27)11-15)33-34-24(35)38-14-22(36)32-20-10-2-1-9-19(20)25(28,29)30/h1-12H,13-14H2,(H,31,37)(H,32,36). The molecule has 13 heteroatoms. The van der Waals surface area contributed by atoms with Gasteiger partial charge in [-0.15, -0.1) is 10.2 Å². The van der Waals surface area contributed by atoms with Crippen LogP contribution in [0.5, 0.6) is 0 Å². The molecule has 4 rings (SSSR count). The number of rotatable bonds is 8. The van der Waals surface area contributed by atoms with Gasteiger partial charge in [0.05, 0.1) is 29.2 Å². The molecule has 0 bridgehead atoms. The topological polar surface area (TPSA) is 88.9 Å². The van der Waals surface area contributed by atoms with E-state index in [-0.39, 0.29) is 34.5 Å². The number of carbonyl (C=O) groups excluding carboxylic acids is 2. The molecule has 0 saturated carbocycles. The summed E-state index contributed by atoms with van der Waals surface area (Å²) in [5.41, 5.74) is -0.675. The quantitative estimate of drug-likeness (QED) is 0.211. The molecule has 0 fully saturated rings. The second-order valence-electron chi connectivity index (χ2n) is 7.79. The van der Waals surface area contributed by atoms with Crippen LogP contribution >= 0.6 is 23.4 Å². The Bertz CT molecular complexity index is 1480. The first kappa shape index (κ1) is 27.1. The van der Waals surface area contributed by atoms with Crippen LogP contribution in [0.2, 0.25) is 5.02 Å². The molecular formula is C25H18ClF4N5O2S. The molecule has 0 unspecified atom stereocenters. The minimum atomic E-state index is -4.63. The van der Waals surface area contributed by atoms with Crippen molar-refractivity contribution in [3.8, 4) is 5.69 Å². The number of hydrogen-bond donors (Lipinski definition) is 2. The van der Waals surface area contributed by atoms with Gasteiger partial charge in [0, 0.05) is 10.6 Å². The number of alkyl halides is 3. The van der Waals surface area contributed by atoms with Crippen molar-refractivity contribution in [1.29, 1.82) is 0 Å². The van der Waals surface area contributed by atoms with Crippen molar-refractivity contribution in [2.45, 2.75) is 17.9 Å². The molecule has 0 aliphatic carbocycles. The maximum atomic E-state index is 13.5. The molecule has 0 radical (unpaired) electrons. The summed E-state index contributed by atoms with van der Waals surface area (Å²) >= 11 is 7.07. The molecule has 1 heterocycles. The summed E-state index contributed by atoms with van der Waals surface area (Å²) in [5, 5.41) is 13.7. The lowest BCUT2D eigenvalue weighted by Crippen LogP contribution is -2.24. The molecule has 0 aliphatic rings. The van der Waals surface area contributed by atoms with Crippen LogP contribution in [-0.2, 0) is 17.5 Å². The van der Waals surface area contributed by atoms with Crippen LogP contribution in [0.25, 0.3) is 5.69 Å². The van der Waals surface area contributed by atoms with Crippen molar-refractivity contribution in [3.63, 3.8) is 0 Å². The maximum Gasteiger partial charge on any atom is 0.418 e. The Balaban J connectivity index is 1.52. The highest BCUT2D eigenvalue weighted by Gasteiger charge is 2.33. The van der Waals surface area contributed by atoms with Crippen LogP contribution in [0.3, 0.4) is 0 Å². The highest BCUT2D eigenvalue weighted by Crippen LogP contribution is 2.34. The van der Waals surface area contributed by atoms with E-state index < -0.39 is 29.4 Å². The number of carbonyl (C=O) groups is 2. The first-order valence-corrected chi connectivity index (χ1v) is 12.3. The second kappa shape index (κ2) is 11.7. The van der Waals surface area contributed by atoms with Crippen LogP contribution < -0.4 is 10.6 Å². The molecule has 0 spiro atoms. The minimum absolute atomic E-state index is 0.0967. The molecule has 196 valence electrons. The highest BCUT2D eigenvalue weighted by atomic mass is 35.5. The summed E-state index contributed by atoms with van der Waals surface area (Å²) in [6, 6.07) is 16.5. The van der Waals surface area contributed by atoms with Crippen LogP contribution in [0, 0.1) is 5.82 Å². The number of thioether (sulfide) groups is 1. The third-order valence-corrected chi connectivity index (χ3v) is 6.26. The van der Waals surface area contributed by atoms with E-state index in [2.05, 4.69) is 20.8 Å². The lowest BCUT2D eigenvalue weighted by atomic mass is 10.1. The van der Waals surface area contributed by atoms with Crippen LogP contribution in [0.15, 0.2) is 78.0 Å². The predicted molar refractivity (Wildman–Crippen MR) is 135 cm³/mol. The van der Waals surface area contributed by atoms with E-state index >= 15 is 0 Å². The second-order valence-corrected chi connectivity index (χ2v) is 9.17. The fourth-order valence-electron chi connectivity index (χ4n) is 3.43. The monoisotopic (exact) mass is 563 g/mol. The average Bonchev–Trinajstić information content (AvgIpc) is 3.28. The third kappa shape index (κ3) is 6.69. The van der Waals surface area contributed by atoms with Gasteiger partial charge in [0.2, 0.25) is 5.91 Å². The lowest BCUT2D eigenvalue weighted by molar-refractivity contribution is -0.137. The summed E-state index contributed by atoms with van der Waals surface area (Å²) in [5.74, 6) is -1.78. The Morgan fingerprint density at radius 2 is 1.74 bits per heavy atom. The lowest BCUT2D eigenvalue weighted by Gasteiger charge is -2.14. The fourth-order valence-corrected chi connectivity index (χ4v) is 4.38. The Kier molecular flexibility index (Phi) is 8.32. The highest BCUT2D eigenvalue weighted by molar-refractivity contribution is 7.99. The van der Waals surface area contributed by atoms with Gasteiger partial charge in [-0.1, -0.05) is 47.6 Å². The van der Waals surface area contributed by atoms with Gasteiger partial charge >= 0.3 is 6.18 Å². The molecule has 3 aromatic carbocycles. The molecule has 2 N–H and O–H groups in total. The molecule has 0 saturated heterocycles. The van der Waals surface area contributed by atoms with Gasteiger partial charge in [-0.05, 0) is 48.5 Å². The van der Waals surface area contributed by atoms with Gasteiger partial charge in [0.15, 0.2) is 11.0 Å². The van der Waals surface area contributed by atoms with Gasteiger partial charge in [-0.2, -0.15) is 13.2 Å². The Labute approximate surface area is 223 Å². The smallest absolute Gasteiger partial charge is 0.345 e. The SMILES string of the molecule is O=C(CSc1nnc(CNC(=O)c2cccc(F)c2)n1-c1cccc(Cl)c1)Nc1ccccc1C(F)(F)F. The fraction of sp³-hybridized carbons (Fsp3) is 0.120. The Morgan fingerprint density at radius 1 is 0.974 bits per heavy atom. The van der Waals surface area contributed by atoms with E-state index in [1.807, 2.05) is 0 Å². The molecule has 38 heavy (non-hydrogen) atoms. The van der Waals surface area contributed by atoms with E-state index in [0.717, 1.165) is 23.9 Å². The zero-order chi connectivity index (χ0) is 27.3. The third-order valence-electron chi connectivity index (χ3n) is 5.10. The number of amides is 2. The summed E-state index contributed by atoms with van der Waals surface area (Å²) in [7, 11) is 0. The van der Waals surface area contributed by atoms with Gasteiger partial charge in [0.1, 0.15) is 5.82 Å². The van der Waals surface area contributed by atoms with Gasteiger partial charge in [-0.25, -0.2) is 4.39 Å². The molecule has 7 nitrogen and oxygen atoms in total. The molecule has 2 amide bonds. The number of anilines is 1. The van der Waals surface area contributed by atoms with Crippen LogP contribution in [-0.4, -0.2) is 32.3 Å². The van der Waals surface area contributed by atoms with Gasteiger partial charge < -0.3 is 10.6 Å². The molecule has 0 aliphatic heterocycles. The zero-order valence-corrected chi connectivity index (χ0v) is 20.9. The number of benzene rings is 3. The van der Waals surface area contributed by atoms with Gasteiger partial charge in [-0.3, -0.25) is 14.2 Å². The van der Waals surface area contributed by atoms with E-state index in [1.165, 1.54) is 36.4 Å². The number of halogens is 5. The Morgan fingerprint density at radius 3 is 2.47 bits per heavy atom. The van der Waals surface area contributed by atoms with Crippen molar-refractivity contribution in [3.05, 3.63) is 101 Å². The van der Waals surface area contributed by atoms with Crippen molar-refractivity contribution in [2.75, 3.05) is 11.1 Å². The number of nitrogens with one attached hydrogen (secondary N) is 2. The molecule has 4 aromatic rings. The maximum absolute atomic E-state index is 13.5. The molecule has 1 aromatic heterocycles. The van der Waals surface area contributed by atoms with E-state index in [0.29, 0.717) is 10.7 Å². The minimum Gasteiger partial charge on any atom is -0.345 e. The van der Waals surface area contributed by atoms with Crippen molar-refractivity contribution < 1.29 is 27.2 Å². The van der Waals surface area contributed by atoms with Crippen molar-refractivity contribution >= 4 is 40.9 Å². The summed E-state index contributed by atoms with van der Waals surface area (Å²) in [6.07, 6.45) is -4.63. The average molecular weight is 564 g/mol. The van der Waals surface area contributed by atoms with Crippen molar-refractivity contribution in [1.82, 2.24) is 20.1 Å². The summed E-state index contributed by atoms with van der Waals surface area (Å²) in [4.78, 5) is 25.0. The van der Waals surface area contributed by atoms with Crippen molar-refractivity contribution in [2.24, 2.45) is 0 Å². The first-order valence-electron chi connectivity index (χ1n) is 10.9. The predicted octanol–water partition coefficient (Wildman–Crippen LogP) is 5.74. The molecule has 0 atom stereocenters. The summed E-state index contributed by atoms with van der Waals surface area (Å²) < 4.78 is 54.8. The zero-order valence-electron chi connectivity index (χ0n) is 19.3. The molecular weight excluding hydrogens is 546 g/mol.